The molecule has 1 aromatic carbocycles. The van der Waals surface area contributed by atoms with Gasteiger partial charge in [0.1, 0.15) is 30.2 Å². The number of aliphatic hydroxyl groups excluding tert-OH is 4. The van der Waals surface area contributed by atoms with E-state index in [1.165, 1.54) is 6.42 Å². The summed E-state index contributed by atoms with van der Waals surface area (Å²) in [5.41, 5.74) is 0.225. The van der Waals surface area contributed by atoms with Crippen molar-refractivity contribution in [3.05, 3.63) is 29.8 Å². The van der Waals surface area contributed by atoms with E-state index >= 15 is 0 Å². The molecule has 1 spiro atoms. The first-order valence-corrected chi connectivity index (χ1v) is 11.9. The van der Waals surface area contributed by atoms with Crippen molar-refractivity contribution in [1.82, 2.24) is 0 Å². The van der Waals surface area contributed by atoms with Crippen LogP contribution < -0.4 is 4.74 Å². The van der Waals surface area contributed by atoms with Gasteiger partial charge in [-0.05, 0) is 67.9 Å². The molecule has 4 bridgehead atoms. The SMILES string of the molecule is COC1(c2cccc(O[C@@H]3O[C@H](CO)[C@H](O)[C@H](O)[C@H]3O)c2)OOC12C1CC3CC(C1)CC2C3. The van der Waals surface area contributed by atoms with Gasteiger partial charge in [-0.1, -0.05) is 12.1 Å². The fourth-order valence-electron chi connectivity index (χ4n) is 7.43. The second-order valence-corrected chi connectivity index (χ2v) is 10.4. The van der Waals surface area contributed by atoms with E-state index in [9.17, 15) is 20.4 Å². The van der Waals surface area contributed by atoms with Crippen LogP contribution in [-0.2, 0) is 25.0 Å². The summed E-state index contributed by atoms with van der Waals surface area (Å²) in [6.07, 6.45) is -0.895. The largest absolute Gasteiger partial charge is 0.462 e. The van der Waals surface area contributed by atoms with Crippen LogP contribution in [0.2, 0.25) is 0 Å². The maximum Gasteiger partial charge on any atom is 0.260 e. The van der Waals surface area contributed by atoms with Crippen LogP contribution in [0.25, 0.3) is 0 Å². The number of hydrogen-bond acceptors (Lipinski definition) is 9. The van der Waals surface area contributed by atoms with Crippen LogP contribution >= 0.6 is 0 Å². The minimum absolute atomic E-state index is 0.373. The molecular weight excluding hydrogens is 432 g/mol. The Morgan fingerprint density at radius 1 is 0.939 bits per heavy atom. The summed E-state index contributed by atoms with van der Waals surface area (Å²) in [7, 11) is 1.64. The first kappa shape index (κ1) is 22.2. The van der Waals surface area contributed by atoms with E-state index in [1.807, 2.05) is 6.07 Å². The monoisotopic (exact) mass is 464 g/mol. The predicted molar refractivity (Wildman–Crippen MR) is 111 cm³/mol. The second-order valence-electron chi connectivity index (χ2n) is 10.4. The van der Waals surface area contributed by atoms with Gasteiger partial charge in [0.25, 0.3) is 5.79 Å². The Labute approximate surface area is 192 Å². The van der Waals surface area contributed by atoms with Crippen LogP contribution in [0.3, 0.4) is 0 Å². The minimum Gasteiger partial charge on any atom is -0.462 e. The van der Waals surface area contributed by atoms with Gasteiger partial charge in [-0.2, -0.15) is 4.89 Å². The molecule has 182 valence electrons. The lowest BCUT2D eigenvalue weighted by molar-refractivity contribution is -0.645. The van der Waals surface area contributed by atoms with E-state index in [0.717, 1.165) is 43.1 Å². The van der Waals surface area contributed by atoms with Gasteiger partial charge in [-0.3, -0.25) is 0 Å². The lowest BCUT2D eigenvalue weighted by Crippen LogP contribution is -2.76. The molecular formula is C24H32O9. The Bertz CT molecular complexity index is 858. The quantitative estimate of drug-likeness (QED) is 0.469. The summed E-state index contributed by atoms with van der Waals surface area (Å²) < 4.78 is 17.4. The maximum atomic E-state index is 10.3. The number of ether oxygens (including phenoxy) is 3. The van der Waals surface area contributed by atoms with Gasteiger partial charge in [0.15, 0.2) is 5.60 Å². The van der Waals surface area contributed by atoms with Crippen molar-refractivity contribution in [3.8, 4) is 5.75 Å². The Morgan fingerprint density at radius 2 is 1.64 bits per heavy atom. The van der Waals surface area contributed by atoms with Crippen molar-refractivity contribution >= 4 is 0 Å². The molecule has 4 saturated carbocycles. The third-order valence-electron chi connectivity index (χ3n) is 8.76. The fourth-order valence-corrected chi connectivity index (χ4v) is 7.43. The summed E-state index contributed by atoms with van der Waals surface area (Å²) in [4.78, 5) is 11.8. The molecule has 6 aliphatic rings. The number of benzene rings is 1. The third-order valence-corrected chi connectivity index (χ3v) is 8.76. The Kier molecular flexibility index (Phi) is 5.28. The smallest absolute Gasteiger partial charge is 0.260 e. The van der Waals surface area contributed by atoms with Crippen molar-refractivity contribution < 1.29 is 44.4 Å². The van der Waals surface area contributed by atoms with Crippen molar-refractivity contribution in [2.75, 3.05) is 13.7 Å². The normalized spacial score (nSPS) is 50.4. The maximum absolute atomic E-state index is 10.3. The van der Waals surface area contributed by atoms with Crippen LogP contribution in [0.15, 0.2) is 24.3 Å². The Hall–Kier alpha value is -1.30. The molecule has 7 rings (SSSR count). The highest BCUT2D eigenvalue weighted by molar-refractivity contribution is 5.36. The van der Waals surface area contributed by atoms with E-state index < -0.39 is 48.7 Å². The summed E-state index contributed by atoms with van der Waals surface area (Å²) in [6.45, 7) is -0.518. The van der Waals surface area contributed by atoms with Gasteiger partial charge in [-0.25, -0.2) is 4.89 Å². The van der Waals surface area contributed by atoms with Crippen molar-refractivity contribution in [3.63, 3.8) is 0 Å². The summed E-state index contributed by atoms with van der Waals surface area (Å²) in [6, 6.07) is 7.21. The molecule has 0 radical (unpaired) electrons. The summed E-state index contributed by atoms with van der Waals surface area (Å²) in [5.74, 6) is 1.60. The molecule has 1 unspecified atom stereocenters. The topological polar surface area (TPSA) is 127 Å². The first-order valence-electron chi connectivity index (χ1n) is 11.9. The first-order chi connectivity index (χ1) is 15.9. The zero-order chi connectivity index (χ0) is 23.0. The van der Waals surface area contributed by atoms with Gasteiger partial charge in [-0.15, -0.1) is 0 Å². The zero-order valence-corrected chi connectivity index (χ0v) is 18.6. The molecule has 33 heavy (non-hydrogen) atoms. The fraction of sp³-hybridized carbons (Fsp3) is 0.750. The average molecular weight is 465 g/mol. The van der Waals surface area contributed by atoms with Crippen molar-refractivity contribution in [2.24, 2.45) is 23.7 Å². The highest BCUT2D eigenvalue weighted by Gasteiger charge is 2.76. The highest BCUT2D eigenvalue weighted by atomic mass is 17.3. The summed E-state index contributed by atoms with van der Waals surface area (Å²) >= 11 is 0. The average Bonchev–Trinajstić information content (AvgIpc) is 2.79. The minimum atomic E-state index is -1.51. The van der Waals surface area contributed by atoms with E-state index in [1.54, 1.807) is 25.3 Å². The molecule has 1 aromatic rings. The van der Waals surface area contributed by atoms with Crippen LogP contribution in [-0.4, -0.2) is 70.4 Å². The van der Waals surface area contributed by atoms with E-state index in [2.05, 4.69) is 0 Å². The molecule has 4 N–H and O–H groups in total. The molecule has 2 saturated heterocycles. The van der Waals surface area contributed by atoms with Crippen LogP contribution in [0, 0.1) is 23.7 Å². The van der Waals surface area contributed by atoms with Crippen LogP contribution in [0.1, 0.15) is 37.7 Å². The molecule has 0 aromatic heterocycles. The molecule has 9 heteroatoms. The molecule has 2 aliphatic heterocycles. The lowest BCUT2D eigenvalue weighted by Gasteiger charge is -2.68. The Morgan fingerprint density at radius 3 is 2.21 bits per heavy atom. The van der Waals surface area contributed by atoms with Gasteiger partial charge >= 0.3 is 0 Å². The van der Waals surface area contributed by atoms with E-state index in [0.29, 0.717) is 17.6 Å². The van der Waals surface area contributed by atoms with Crippen molar-refractivity contribution in [1.29, 1.82) is 0 Å². The number of hydrogen-bond donors (Lipinski definition) is 4. The molecule has 4 aliphatic carbocycles. The molecule has 6 fully saturated rings. The molecule has 6 atom stereocenters. The highest BCUT2D eigenvalue weighted by Crippen LogP contribution is 2.69. The standard InChI is InChI=1S/C24H32O9/c1-29-24(23(32-33-24)15-6-12-5-13(8-15)9-16(23)7-12)14-3-2-4-17(10-14)30-22-21(28)20(27)19(26)18(11-25)31-22/h2-4,10,12-13,15-16,18-22,25-28H,5-9,11H2,1H3/t12?,13?,15?,16?,18-,19+,20+,21-,22-,23?,24?/m1/s1. The van der Waals surface area contributed by atoms with Gasteiger partial charge in [0.05, 0.1) is 6.61 Å². The number of rotatable bonds is 5. The van der Waals surface area contributed by atoms with Crippen LogP contribution in [0.4, 0.5) is 0 Å². The van der Waals surface area contributed by atoms with Gasteiger partial charge < -0.3 is 34.6 Å². The molecule has 2 heterocycles. The zero-order valence-electron chi connectivity index (χ0n) is 18.6. The van der Waals surface area contributed by atoms with Gasteiger partial charge in [0.2, 0.25) is 6.29 Å². The van der Waals surface area contributed by atoms with Crippen LogP contribution in [0.5, 0.6) is 5.75 Å². The molecule has 9 nitrogen and oxygen atoms in total. The Balaban J connectivity index is 1.29. The van der Waals surface area contributed by atoms with E-state index in [4.69, 9.17) is 24.0 Å². The van der Waals surface area contributed by atoms with Gasteiger partial charge in [0, 0.05) is 12.7 Å². The third kappa shape index (κ3) is 3.01. The number of aliphatic hydroxyl groups is 4. The van der Waals surface area contributed by atoms with E-state index in [-0.39, 0.29) is 0 Å². The lowest BCUT2D eigenvalue weighted by atomic mass is 9.47. The predicted octanol–water partition coefficient (Wildman–Crippen LogP) is 0.821. The second kappa shape index (κ2) is 7.86. The summed E-state index contributed by atoms with van der Waals surface area (Å²) in [5, 5.41) is 39.9. The number of methoxy groups -OCH3 is 1. The molecule has 0 amide bonds. The van der Waals surface area contributed by atoms with Crippen molar-refractivity contribution in [2.45, 2.75) is 74.2 Å².